The quantitative estimate of drug-likeness (QED) is 0.714. The molecule has 0 aliphatic carbocycles. The topological polar surface area (TPSA) is 87.7 Å². The van der Waals surface area contributed by atoms with Crippen LogP contribution >= 0.6 is 0 Å². The molecule has 98 valence electrons. The minimum Gasteiger partial charge on any atom is -0.481 e. The highest BCUT2D eigenvalue weighted by atomic mass is 16.5. The van der Waals surface area contributed by atoms with E-state index >= 15 is 0 Å². The number of carbonyl (C=O) groups is 2. The first-order valence-electron chi connectivity index (χ1n) is 5.47. The Morgan fingerprint density at radius 1 is 1.33 bits per heavy atom. The van der Waals surface area contributed by atoms with Crippen LogP contribution in [0.25, 0.3) is 0 Å². The molecule has 0 spiro atoms. The number of ether oxygens (including phenoxy) is 1. The van der Waals surface area contributed by atoms with Crippen LogP contribution in [-0.2, 0) is 16.1 Å². The zero-order valence-electron chi connectivity index (χ0n) is 10.1. The van der Waals surface area contributed by atoms with Crippen molar-refractivity contribution in [3.05, 3.63) is 29.8 Å². The van der Waals surface area contributed by atoms with E-state index in [2.05, 4.69) is 10.6 Å². The van der Waals surface area contributed by atoms with E-state index in [1.54, 1.807) is 19.2 Å². The number of carboxylic acid groups (broad SMARTS) is 1. The fraction of sp³-hybridized carbons (Fsp3) is 0.333. The standard InChI is InChI=1S/C12H16N2O4/c1-18-8-9-4-2-3-5-10(9)14-12(17)13-7-6-11(15)16/h2-5H,6-8H2,1H3,(H,15,16)(H2,13,14,17). The van der Waals surface area contributed by atoms with Crippen molar-refractivity contribution in [3.63, 3.8) is 0 Å². The Hall–Kier alpha value is -2.08. The first kappa shape index (κ1) is 14.0. The van der Waals surface area contributed by atoms with E-state index < -0.39 is 12.0 Å². The number of hydrogen-bond donors (Lipinski definition) is 3. The molecule has 0 fully saturated rings. The van der Waals surface area contributed by atoms with Crippen LogP contribution in [0.4, 0.5) is 10.5 Å². The summed E-state index contributed by atoms with van der Waals surface area (Å²) in [6.45, 7) is 0.485. The zero-order valence-corrected chi connectivity index (χ0v) is 10.1. The van der Waals surface area contributed by atoms with Crippen molar-refractivity contribution in [3.8, 4) is 0 Å². The van der Waals surface area contributed by atoms with Gasteiger partial charge in [0.1, 0.15) is 0 Å². The van der Waals surface area contributed by atoms with Crippen LogP contribution in [0.5, 0.6) is 0 Å². The SMILES string of the molecule is COCc1ccccc1NC(=O)NCCC(=O)O. The Kier molecular flexibility index (Phi) is 5.66. The lowest BCUT2D eigenvalue weighted by molar-refractivity contribution is -0.136. The Morgan fingerprint density at radius 3 is 2.72 bits per heavy atom. The molecule has 18 heavy (non-hydrogen) atoms. The van der Waals surface area contributed by atoms with Crippen molar-refractivity contribution >= 4 is 17.7 Å². The number of anilines is 1. The molecule has 0 aliphatic rings. The van der Waals surface area contributed by atoms with Gasteiger partial charge in [0.2, 0.25) is 0 Å². The summed E-state index contributed by atoms with van der Waals surface area (Å²) in [7, 11) is 1.57. The Bertz CT molecular complexity index is 420. The second-order valence-electron chi connectivity index (χ2n) is 3.61. The van der Waals surface area contributed by atoms with Crippen LogP contribution in [0, 0.1) is 0 Å². The Balaban J connectivity index is 2.50. The summed E-state index contributed by atoms with van der Waals surface area (Å²) in [5.74, 6) is -0.949. The summed E-state index contributed by atoms with van der Waals surface area (Å²) < 4.78 is 5.01. The molecule has 1 aromatic rings. The van der Waals surface area contributed by atoms with Crippen molar-refractivity contribution in [2.75, 3.05) is 19.0 Å². The molecule has 0 unspecified atom stereocenters. The number of amides is 2. The highest BCUT2D eigenvalue weighted by Crippen LogP contribution is 2.15. The lowest BCUT2D eigenvalue weighted by atomic mass is 10.2. The van der Waals surface area contributed by atoms with Gasteiger partial charge in [-0.25, -0.2) is 4.79 Å². The van der Waals surface area contributed by atoms with Crippen molar-refractivity contribution in [1.82, 2.24) is 5.32 Å². The number of para-hydroxylation sites is 1. The number of carbonyl (C=O) groups excluding carboxylic acids is 1. The average Bonchev–Trinajstić information content (AvgIpc) is 2.31. The number of methoxy groups -OCH3 is 1. The van der Waals surface area contributed by atoms with Gasteiger partial charge in [-0.05, 0) is 6.07 Å². The third kappa shape index (κ3) is 4.84. The minimum atomic E-state index is -0.949. The molecule has 6 nitrogen and oxygen atoms in total. The van der Waals surface area contributed by atoms with E-state index in [0.717, 1.165) is 5.56 Å². The van der Waals surface area contributed by atoms with E-state index in [-0.39, 0.29) is 13.0 Å². The number of benzene rings is 1. The molecule has 1 aromatic carbocycles. The maximum absolute atomic E-state index is 11.5. The van der Waals surface area contributed by atoms with Crippen molar-refractivity contribution in [2.45, 2.75) is 13.0 Å². The normalized spacial score (nSPS) is 9.83. The smallest absolute Gasteiger partial charge is 0.319 e. The monoisotopic (exact) mass is 252 g/mol. The van der Waals surface area contributed by atoms with Gasteiger partial charge in [-0.2, -0.15) is 0 Å². The van der Waals surface area contributed by atoms with Crippen LogP contribution in [0.15, 0.2) is 24.3 Å². The van der Waals surface area contributed by atoms with Crippen LogP contribution in [0.1, 0.15) is 12.0 Å². The minimum absolute atomic E-state index is 0.0909. The molecule has 2 amide bonds. The van der Waals surface area contributed by atoms with Gasteiger partial charge in [0, 0.05) is 24.9 Å². The summed E-state index contributed by atoms with van der Waals surface area (Å²) in [5.41, 5.74) is 1.50. The fourth-order valence-electron chi connectivity index (χ4n) is 1.37. The highest BCUT2D eigenvalue weighted by molar-refractivity contribution is 5.90. The molecule has 0 aliphatic heterocycles. The van der Waals surface area contributed by atoms with Crippen molar-refractivity contribution in [2.24, 2.45) is 0 Å². The molecule has 0 heterocycles. The van der Waals surface area contributed by atoms with Crippen LogP contribution < -0.4 is 10.6 Å². The van der Waals surface area contributed by atoms with Gasteiger partial charge < -0.3 is 20.5 Å². The second-order valence-corrected chi connectivity index (χ2v) is 3.61. The molecule has 0 aromatic heterocycles. The van der Waals surface area contributed by atoms with Crippen LogP contribution in [-0.4, -0.2) is 30.8 Å². The van der Waals surface area contributed by atoms with E-state index in [1.165, 1.54) is 0 Å². The first-order chi connectivity index (χ1) is 8.63. The van der Waals surface area contributed by atoms with Gasteiger partial charge >= 0.3 is 12.0 Å². The lowest BCUT2D eigenvalue weighted by Gasteiger charge is -2.10. The lowest BCUT2D eigenvalue weighted by Crippen LogP contribution is -2.30. The van der Waals surface area contributed by atoms with E-state index in [1.807, 2.05) is 12.1 Å². The average molecular weight is 252 g/mol. The number of aliphatic carboxylic acids is 1. The predicted octanol–water partition coefficient (Wildman–Crippen LogP) is 1.43. The molecule has 0 atom stereocenters. The summed E-state index contributed by atoms with van der Waals surface area (Å²) in [6, 6.07) is 6.81. The molecule has 0 saturated carbocycles. The molecular weight excluding hydrogens is 236 g/mol. The summed E-state index contributed by atoms with van der Waals surface area (Å²) in [6.07, 6.45) is -0.104. The molecule has 1 rings (SSSR count). The summed E-state index contributed by atoms with van der Waals surface area (Å²) in [5, 5.41) is 13.5. The van der Waals surface area contributed by atoms with E-state index in [4.69, 9.17) is 9.84 Å². The maximum Gasteiger partial charge on any atom is 0.319 e. The van der Waals surface area contributed by atoms with Gasteiger partial charge in [0.25, 0.3) is 0 Å². The Labute approximate surface area is 105 Å². The van der Waals surface area contributed by atoms with Gasteiger partial charge in [-0.15, -0.1) is 0 Å². The Morgan fingerprint density at radius 2 is 2.06 bits per heavy atom. The van der Waals surface area contributed by atoms with Crippen molar-refractivity contribution in [1.29, 1.82) is 0 Å². The third-order valence-electron chi connectivity index (χ3n) is 2.19. The van der Waals surface area contributed by atoms with Crippen LogP contribution in [0.2, 0.25) is 0 Å². The number of nitrogens with one attached hydrogen (secondary N) is 2. The van der Waals surface area contributed by atoms with Gasteiger partial charge in [-0.3, -0.25) is 4.79 Å². The van der Waals surface area contributed by atoms with Crippen molar-refractivity contribution < 1.29 is 19.4 Å². The molecule has 0 radical (unpaired) electrons. The first-order valence-corrected chi connectivity index (χ1v) is 5.47. The molecule has 0 saturated heterocycles. The van der Waals surface area contributed by atoms with E-state index in [9.17, 15) is 9.59 Å². The second kappa shape index (κ2) is 7.29. The zero-order chi connectivity index (χ0) is 13.4. The van der Waals surface area contributed by atoms with E-state index in [0.29, 0.717) is 12.3 Å². The predicted molar refractivity (Wildman–Crippen MR) is 66.4 cm³/mol. The maximum atomic E-state index is 11.5. The molecule has 0 bridgehead atoms. The summed E-state index contributed by atoms with van der Waals surface area (Å²) in [4.78, 5) is 21.8. The highest BCUT2D eigenvalue weighted by Gasteiger charge is 2.06. The third-order valence-corrected chi connectivity index (χ3v) is 2.19. The number of hydrogen-bond acceptors (Lipinski definition) is 3. The number of urea groups is 1. The number of carboxylic acids is 1. The van der Waals surface area contributed by atoms with Crippen LogP contribution in [0.3, 0.4) is 0 Å². The fourth-order valence-corrected chi connectivity index (χ4v) is 1.37. The van der Waals surface area contributed by atoms with Gasteiger partial charge in [-0.1, -0.05) is 18.2 Å². The van der Waals surface area contributed by atoms with Gasteiger partial charge in [0.15, 0.2) is 0 Å². The largest absolute Gasteiger partial charge is 0.481 e. The summed E-state index contributed by atoms with van der Waals surface area (Å²) >= 11 is 0. The van der Waals surface area contributed by atoms with Gasteiger partial charge in [0.05, 0.1) is 13.0 Å². The molecule has 6 heteroatoms. The molecular formula is C12H16N2O4. The number of rotatable bonds is 6. The molecule has 3 N–H and O–H groups in total.